The second-order valence-corrected chi connectivity index (χ2v) is 7.73. The number of rotatable bonds is 6. The zero-order chi connectivity index (χ0) is 17.9. The summed E-state index contributed by atoms with van der Waals surface area (Å²) >= 11 is 0. The molecule has 2 aromatic rings. The standard InChI is InChI=1S/C20H28N4O2/c1-24-20-16(9-10-18(22-20)26-13-15-8-5-11-21-15)19(23-24)17(25)12-14-6-3-2-4-7-14/h9-10,14-15,21H,2-8,11-13H2,1H3. The molecule has 0 spiro atoms. The van der Waals surface area contributed by atoms with Gasteiger partial charge in [-0.15, -0.1) is 0 Å². The fourth-order valence-electron chi connectivity index (χ4n) is 4.24. The van der Waals surface area contributed by atoms with Crippen LogP contribution < -0.4 is 10.1 Å². The van der Waals surface area contributed by atoms with Crippen molar-refractivity contribution in [1.82, 2.24) is 20.1 Å². The van der Waals surface area contributed by atoms with Crippen LogP contribution in [0.25, 0.3) is 11.0 Å². The topological polar surface area (TPSA) is 69.0 Å². The lowest BCUT2D eigenvalue weighted by atomic mass is 9.85. The minimum absolute atomic E-state index is 0.146. The molecule has 2 aromatic heterocycles. The first kappa shape index (κ1) is 17.5. The van der Waals surface area contributed by atoms with Crippen LogP contribution in [0.4, 0.5) is 0 Å². The van der Waals surface area contributed by atoms with Crippen LogP contribution in [0.3, 0.4) is 0 Å². The van der Waals surface area contributed by atoms with Crippen LogP contribution in [-0.2, 0) is 7.05 Å². The number of carbonyl (C=O) groups is 1. The molecular formula is C20H28N4O2. The van der Waals surface area contributed by atoms with Crippen LogP contribution in [0.15, 0.2) is 12.1 Å². The Hall–Kier alpha value is -1.95. The maximum atomic E-state index is 12.8. The molecule has 2 aliphatic rings. The second kappa shape index (κ2) is 7.74. The molecule has 1 aliphatic heterocycles. The van der Waals surface area contributed by atoms with Crippen molar-refractivity contribution in [2.24, 2.45) is 13.0 Å². The van der Waals surface area contributed by atoms with E-state index in [4.69, 9.17) is 4.74 Å². The number of aromatic nitrogens is 3. The molecule has 0 amide bonds. The molecule has 0 aromatic carbocycles. The van der Waals surface area contributed by atoms with E-state index in [1.165, 1.54) is 38.5 Å². The Morgan fingerprint density at radius 3 is 2.85 bits per heavy atom. The van der Waals surface area contributed by atoms with E-state index >= 15 is 0 Å². The van der Waals surface area contributed by atoms with E-state index in [-0.39, 0.29) is 5.78 Å². The molecule has 1 aliphatic carbocycles. The Kier molecular flexibility index (Phi) is 5.20. The van der Waals surface area contributed by atoms with Crippen molar-refractivity contribution < 1.29 is 9.53 Å². The molecule has 2 fully saturated rings. The van der Waals surface area contributed by atoms with Crippen molar-refractivity contribution in [3.05, 3.63) is 17.8 Å². The lowest BCUT2D eigenvalue weighted by Crippen LogP contribution is -2.28. The molecule has 3 heterocycles. The Morgan fingerprint density at radius 1 is 1.23 bits per heavy atom. The van der Waals surface area contributed by atoms with E-state index in [0.29, 0.717) is 42.2 Å². The van der Waals surface area contributed by atoms with Gasteiger partial charge in [0.05, 0.1) is 5.39 Å². The van der Waals surface area contributed by atoms with E-state index < -0.39 is 0 Å². The molecule has 1 N–H and O–H groups in total. The normalized spacial score (nSPS) is 21.3. The fraction of sp³-hybridized carbons (Fsp3) is 0.650. The number of ether oxygens (including phenoxy) is 1. The molecule has 1 unspecified atom stereocenters. The van der Waals surface area contributed by atoms with Crippen molar-refractivity contribution in [2.75, 3.05) is 13.2 Å². The van der Waals surface area contributed by atoms with Gasteiger partial charge in [-0.3, -0.25) is 4.79 Å². The van der Waals surface area contributed by atoms with Gasteiger partial charge in [0.1, 0.15) is 12.3 Å². The smallest absolute Gasteiger partial charge is 0.215 e. The van der Waals surface area contributed by atoms with Crippen LogP contribution in [-0.4, -0.2) is 39.7 Å². The highest BCUT2D eigenvalue weighted by Gasteiger charge is 2.23. The van der Waals surface area contributed by atoms with Gasteiger partial charge < -0.3 is 10.1 Å². The van der Waals surface area contributed by atoms with Gasteiger partial charge >= 0.3 is 0 Å². The van der Waals surface area contributed by atoms with Crippen LogP contribution >= 0.6 is 0 Å². The van der Waals surface area contributed by atoms with Crippen LogP contribution in [0.2, 0.25) is 0 Å². The highest BCUT2D eigenvalue weighted by Crippen LogP contribution is 2.29. The van der Waals surface area contributed by atoms with Crippen molar-refractivity contribution in [3.63, 3.8) is 0 Å². The first-order valence-electron chi connectivity index (χ1n) is 9.94. The molecule has 4 rings (SSSR count). The number of Topliss-reactive ketones (excluding diaryl/α,β-unsaturated/α-hetero) is 1. The average molecular weight is 356 g/mol. The number of nitrogens with zero attached hydrogens (tertiary/aromatic N) is 3. The van der Waals surface area contributed by atoms with E-state index in [2.05, 4.69) is 15.4 Å². The first-order valence-corrected chi connectivity index (χ1v) is 9.94. The second-order valence-electron chi connectivity index (χ2n) is 7.73. The molecule has 0 radical (unpaired) electrons. The van der Waals surface area contributed by atoms with E-state index in [0.717, 1.165) is 18.4 Å². The highest BCUT2D eigenvalue weighted by atomic mass is 16.5. The third kappa shape index (κ3) is 3.75. The molecule has 140 valence electrons. The van der Waals surface area contributed by atoms with Crippen LogP contribution in [0.5, 0.6) is 5.88 Å². The van der Waals surface area contributed by atoms with Gasteiger partial charge in [0.2, 0.25) is 5.88 Å². The number of nitrogens with one attached hydrogen (secondary N) is 1. The molecule has 6 nitrogen and oxygen atoms in total. The number of hydrogen-bond acceptors (Lipinski definition) is 5. The maximum absolute atomic E-state index is 12.8. The van der Waals surface area contributed by atoms with Crippen LogP contribution in [0.1, 0.15) is 61.9 Å². The van der Waals surface area contributed by atoms with E-state index in [1.807, 2.05) is 19.2 Å². The average Bonchev–Trinajstić information content (AvgIpc) is 3.29. The first-order chi connectivity index (χ1) is 12.7. The summed E-state index contributed by atoms with van der Waals surface area (Å²) in [5.74, 6) is 1.26. The Labute approximate surface area is 154 Å². The van der Waals surface area contributed by atoms with Gasteiger partial charge in [0, 0.05) is 25.6 Å². The quantitative estimate of drug-likeness (QED) is 0.805. The van der Waals surface area contributed by atoms with E-state index in [9.17, 15) is 4.79 Å². The summed E-state index contributed by atoms with van der Waals surface area (Å²) in [6, 6.07) is 4.20. The summed E-state index contributed by atoms with van der Waals surface area (Å²) < 4.78 is 7.54. The predicted molar refractivity (Wildman–Crippen MR) is 101 cm³/mol. The number of pyridine rings is 1. The predicted octanol–water partition coefficient (Wildman–Crippen LogP) is 3.25. The van der Waals surface area contributed by atoms with Gasteiger partial charge in [-0.25, -0.2) is 4.68 Å². The molecule has 0 bridgehead atoms. The lowest BCUT2D eigenvalue weighted by molar-refractivity contribution is 0.0946. The summed E-state index contributed by atoms with van der Waals surface area (Å²) in [6.45, 7) is 1.69. The number of fused-ring (bicyclic) bond motifs is 1. The van der Waals surface area contributed by atoms with Crippen molar-refractivity contribution in [2.45, 2.75) is 57.4 Å². The number of hydrogen-bond donors (Lipinski definition) is 1. The lowest BCUT2D eigenvalue weighted by Gasteiger charge is -2.20. The summed E-state index contributed by atoms with van der Waals surface area (Å²) in [6.07, 6.45) is 9.10. The Morgan fingerprint density at radius 2 is 2.08 bits per heavy atom. The number of carbonyl (C=O) groups excluding carboxylic acids is 1. The Bertz CT molecular complexity index is 773. The summed E-state index contributed by atoms with van der Waals surface area (Å²) in [5, 5.41) is 8.72. The van der Waals surface area contributed by atoms with Crippen molar-refractivity contribution >= 4 is 16.8 Å². The molecule has 6 heteroatoms. The number of ketones is 1. The summed E-state index contributed by atoms with van der Waals surface area (Å²) in [4.78, 5) is 17.4. The van der Waals surface area contributed by atoms with Gasteiger partial charge in [-0.2, -0.15) is 10.1 Å². The van der Waals surface area contributed by atoms with Gasteiger partial charge in [0.25, 0.3) is 0 Å². The van der Waals surface area contributed by atoms with Gasteiger partial charge in [-0.1, -0.05) is 32.1 Å². The third-order valence-corrected chi connectivity index (χ3v) is 5.72. The minimum atomic E-state index is 0.146. The third-order valence-electron chi connectivity index (χ3n) is 5.72. The number of aryl methyl sites for hydroxylation is 1. The summed E-state index contributed by atoms with van der Waals surface area (Å²) in [7, 11) is 1.84. The van der Waals surface area contributed by atoms with Gasteiger partial charge in [0.15, 0.2) is 11.4 Å². The highest BCUT2D eigenvalue weighted by molar-refractivity contribution is 6.05. The van der Waals surface area contributed by atoms with E-state index in [1.54, 1.807) is 4.68 Å². The van der Waals surface area contributed by atoms with Crippen molar-refractivity contribution in [1.29, 1.82) is 0 Å². The summed E-state index contributed by atoms with van der Waals surface area (Å²) in [5.41, 5.74) is 1.28. The molecule has 26 heavy (non-hydrogen) atoms. The SMILES string of the molecule is Cn1nc(C(=O)CC2CCCCC2)c2ccc(OCC3CCCN3)nc21. The zero-order valence-corrected chi connectivity index (χ0v) is 15.5. The molecule has 1 atom stereocenters. The minimum Gasteiger partial charge on any atom is -0.476 e. The maximum Gasteiger partial charge on any atom is 0.215 e. The molecule has 1 saturated heterocycles. The fourth-order valence-corrected chi connectivity index (χ4v) is 4.24. The Balaban J connectivity index is 1.48. The largest absolute Gasteiger partial charge is 0.476 e. The zero-order valence-electron chi connectivity index (χ0n) is 15.5. The molecule has 1 saturated carbocycles. The molecular weight excluding hydrogens is 328 g/mol. The van der Waals surface area contributed by atoms with Crippen molar-refractivity contribution in [3.8, 4) is 5.88 Å². The van der Waals surface area contributed by atoms with Gasteiger partial charge in [-0.05, 0) is 31.4 Å². The monoisotopic (exact) mass is 356 g/mol. The van der Waals surface area contributed by atoms with Crippen LogP contribution in [0, 0.1) is 5.92 Å².